The summed E-state index contributed by atoms with van der Waals surface area (Å²) in [4.78, 5) is 0. The van der Waals surface area contributed by atoms with Crippen molar-refractivity contribution in [2.75, 3.05) is 0 Å². The van der Waals surface area contributed by atoms with E-state index < -0.39 is 0 Å². The molecular formula is C15H29. The summed E-state index contributed by atoms with van der Waals surface area (Å²) in [6.45, 7) is 6.12. The second-order valence-corrected chi connectivity index (χ2v) is 4.38. The molecule has 0 heterocycles. The molecule has 0 atom stereocenters. The van der Waals surface area contributed by atoms with E-state index in [4.69, 9.17) is 0 Å². The van der Waals surface area contributed by atoms with Crippen LogP contribution in [0.1, 0.15) is 77.6 Å². The van der Waals surface area contributed by atoms with Gasteiger partial charge in [0, 0.05) is 0 Å². The van der Waals surface area contributed by atoms with Crippen molar-refractivity contribution < 1.29 is 0 Å². The van der Waals surface area contributed by atoms with Crippen molar-refractivity contribution >= 4 is 0 Å². The van der Waals surface area contributed by atoms with Crippen LogP contribution in [0.5, 0.6) is 0 Å². The zero-order valence-corrected chi connectivity index (χ0v) is 10.6. The summed E-state index contributed by atoms with van der Waals surface area (Å²) in [5.74, 6) is 0. The van der Waals surface area contributed by atoms with E-state index in [1.165, 1.54) is 64.2 Å². The lowest BCUT2D eigenvalue weighted by Gasteiger charge is -1.96. The summed E-state index contributed by atoms with van der Waals surface area (Å²) >= 11 is 0. The molecule has 1 radical (unpaired) electrons. The second-order valence-electron chi connectivity index (χ2n) is 4.38. The Bertz CT molecular complexity index is 124. The molecule has 0 aromatic rings. The molecule has 0 nitrogen and oxygen atoms in total. The third-order valence-electron chi connectivity index (χ3n) is 2.76. The normalized spacial score (nSPS) is 11.3. The lowest BCUT2D eigenvalue weighted by Crippen LogP contribution is -1.77. The highest BCUT2D eigenvalue weighted by Crippen LogP contribution is 2.07. The molecule has 0 rings (SSSR count). The molecule has 0 aromatic carbocycles. The summed E-state index contributed by atoms with van der Waals surface area (Å²) in [5.41, 5.74) is 0. The minimum atomic E-state index is 1.10. The van der Waals surface area contributed by atoms with Gasteiger partial charge in [-0.3, -0.25) is 0 Å². The minimum Gasteiger partial charge on any atom is -0.0885 e. The van der Waals surface area contributed by atoms with Crippen LogP contribution in [0.2, 0.25) is 0 Å². The smallest absolute Gasteiger partial charge is 0.0351 e. The van der Waals surface area contributed by atoms with E-state index >= 15 is 0 Å². The van der Waals surface area contributed by atoms with Crippen molar-refractivity contribution in [1.82, 2.24) is 0 Å². The van der Waals surface area contributed by atoms with Gasteiger partial charge in [-0.25, -0.2) is 0 Å². The van der Waals surface area contributed by atoms with Crippen LogP contribution in [0.4, 0.5) is 0 Å². The summed E-state index contributed by atoms with van der Waals surface area (Å²) in [7, 11) is 0. The largest absolute Gasteiger partial charge is 0.0885 e. The van der Waals surface area contributed by atoms with Crippen molar-refractivity contribution in [3.63, 3.8) is 0 Å². The first kappa shape index (κ1) is 14.7. The Kier molecular flexibility index (Phi) is 13.5. The fraction of sp³-hybridized carbons (Fsp3) is 0.800. The van der Waals surface area contributed by atoms with Crippen LogP contribution in [0.15, 0.2) is 12.2 Å². The van der Waals surface area contributed by atoms with E-state index in [9.17, 15) is 0 Å². The predicted octanol–water partition coefficient (Wildman–Crippen LogP) is 5.69. The fourth-order valence-corrected chi connectivity index (χ4v) is 1.72. The van der Waals surface area contributed by atoms with E-state index in [2.05, 4.69) is 26.0 Å². The van der Waals surface area contributed by atoms with Crippen LogP contribution >= 0.6 is 0 Å². The van der Waals surface area contributed by atoms with Gasteiger partial charge < -0.3 is 0 Å². The Hall–Kier alpha value is -0.260. The van der Waals surface area contributed by atoms with Gasteiger partial charge in [-0.1, -0.05) is 70.9 Å². The SMILES string of the molecule is [CH2]CCCCCCC=CCCCCCC. The molecule has 0 unspecified atom stereocenters. The average Bonchev–Trinajstić information content (AvgIpc) is 2.26. The predicted molar refractivity (Wildman–Crippen MR) is 71.0 cm³/mol. The molecule has 0 bridgehead atoms. The highest BCUT2D eigenvalue weighted by atomic mass is 13.9. The van der Waals surface area contributed by atoms with Crippen molar-refractivity contribution in [2.45, 2.75) is 77.6 Å². The Balaban J connectivity index is 2.97. The van der Waals surface area contributed by atoms with Crippen LogP contribution in [0.3, 0.4) is 0 Å². The van der Waals surface area contributed by atoms with E-state index in [1.54, 1.807) is 0 Å². The number of rotatable bonds is 11. The first-order valence-electron chi connectivity index (χ1n) is 6.86. The van der Waals surface area contributed by atoms with Gasteiger partial charge in [-0.2, -0.15) is 0 Å². The molecule has 89 valence electrons. The Labute approximate surface area is 97.2 Å². The summed E-state index contributed by atoms with van der Waals surface area (Å²) < 4.78 is 0. The van der Waals surface area contributed by atoms with Gasteiger partial charge >= 0.3 is 0 Å². The van der Waals surface area contributed by atoms with Gasteiger partial charge in [0.2, 0.25) is 0 Å². The van der Waals surface area contributed by atoms with E-state index in [1.807, 2.05) is 0 Å². The van der Waals surface area contributed by atoms with Crippen LogP contribution in [0.25, 0.3) is 0 Å². The lowest BCUT2D eigenvalue weighted by molar-refractivity contribution is 0.649. The fourth-order valence-electron chi connectivity index (χ4n) is 1.72. The van der Waals surface area contributed by atoms with Gasteiger partial charge in [0.05, 0.1) is 0 Å². The Morgan fingerprint density at radius 2 is 1.27 bits per heavy atom. The van der Waals surface area contributed by atoms with Crippen LogP contribution in [0, 0.1) is 6.92 Å². The number of allylic oxidation sites excluding steroid dienone is 2. The molecule has 0 spiro atoms. The standard InChI is InChI=1S/C15H29/c1-3-5-7-9-11-13-15-14-12-10-8-6-4-2/h14-15H,1,3-13H2,2H3. The van der Waals surface area contributed by atoms with E-state index in [-0.39, 0.29) is 0 Å². The van der Waals surface area contributed by atoms with Crippen LogP contribution in [-0.4, -0.2) is 0 Å². The molecule has 0 saturated carbocycles. The highest BCUT2D eigenvalue weighted by molar-refractivity contribution is 4.81. The third kappa shape index (κ3) is 13.7. The molecule has 0 aliphatic carbocycles. The molecule has 0 fully saturated rings. The molecule has 0 N–H and O–H groups in total. The van der Waals surface area contributed by atoms with Gasteiger partial charge in [-0.05, 0) is 25.7 Å². The first-order chi connectivity index (χ1) is 7.41. The third-order valence-corrected chi connectivity index (χ3v) is 2.76. The monoisotopic (exact) mass is 209 g/mol. The van der Waals surface area contributed by atoms with Gasteiger partial charge in [-0.15, -0.1) is 0 Å². The molecule has 0 aromatic heterocycles. The summed E-state index contributed by atoms with van der Waals surface area (Å²) in [5, 5.41) is 0. The van der Waals surface area contributed by atoms with E-state index in [0.29, 0.717) is 0 Å². The molecule has 0 aliphatic heterocycles. The number of unbranched alkanes of at least 4 members (excludes halogenated alkanes) is 9. The van der Waals surface area contributed by atoms with Crippen molar-refractivity contribution in [3.8, 4) is 0 Å². The molecule has 0 saturated heterocycles. The first-order valence-corrected chi connectivity index (χ1v) is 6.86. The number of hydrogen-bond acceptors (Lipinski definition) is 0. The van der Waals surface area contributed by atoms with Crippen molar-refractivity contribution in [2.24, 2.45) is 0 Å². The molecular weight excluding hydrogens is 180 g/mol. The zero-order valence-electron chi connectivity index (χ0n) is 10.6. The summed E-state index contributed by atoms with van der Waals surface area (Å²) in [6, 6.07) is 0. The molecule has 0 amide bonds. The average molecular weight is 209 g/mol. The van der Waals surface area contributed by atoms with Gasteiger partial charge in [0.25, 0.3) is 0 Å². The Morgan fingerprint density at radius 1 is 0.733 bits per heavy atom. The van der Waals surface area contributed by atoms with Gasteiger partial charge in [0.15, 0.2) is 0 Å². The van der Waals surface area contributed by atoms with Crippen LogP contribution < -0.4 is 0 Å². The maximum atomic E-state index is 3.85. The van der Waals surface area contributed by atoms with Crippen LogP contribution in [-0.2, 0) is 0 Å². The van der Waals surface area contributed by atoms with Crippen molar-refractivity contribution in [3.05, 3.63) is 19.1 Å². The highest BCUT2D eigenvalue weighted by Gasteiger charge is 1.87. The lowest BCUT2D eigenvalue weighted by atomic mass is 10.1. The zero-order chi connectivity index (χ0) is 11.2. The molecule has 0 heteroatoms. The topological polar surface area (TPSA) is 0 Å². The molecule has 15 heavy (non-hydrogen) atoms. The quantitative estimate of drug-likeness (QED) is 0.303. The number of hydrogen-bond donors (Lipinski definition) is 0. The summed E-state index contributed by atoms with van der Waals surface area (Å²) in [6.07, 6.45) is 19.4. The van der Waals surface area contributed by atoms with Crippen molar-refractivity contribution in [1.29, 1.82) is 0 Å². The maximum Gasteiger partial charge on any atom is -0.0351 e. The second kappa shape index (κ2) is 13.7. The maximum absolute atomic E-state index is 3.85. The Morgan fingerprint density at radius 3 is 1.80 bits per heavy atom. The minimum absolute atomic E-state index is 1.10. The molecule has 0 aliphatic rings. The van der Waals surface area contributed by atoms with Gasteiger partial charge in [0.1, 0.15) is 0 Å². The van der Waals surface area contributed by atoms with E-state index in [0.717, 1.165) is 6.42 Å².